The third kappa shape index (κ3) is 6.42. The molecule has 1 heterocycles. The summed E-state index contributed by atoms with van der Waals surface area (Å²) in [4.78, 5) is 25.8. The molecule has 0 fully saturated rings. The molecule has 214 valence electrons. The van der Waals surface area contributed by atoms with E-state index in [2.05, 4.69) is 48.0 Å². The van der Waals surface area contributed by atoms with Crippen LogP contribution < -0.4 is 5.32 Å². The van der Waals surface area contributed by atoms with Gasteiger partial charge in [-0.25, -0.2) is 4.79 Å². The van der Waals surface area contributed by atoms with E-state index in [1.807, 2.05) is 87.5 Å². The summed E-state index contributed by atoms with van der Waals surface area (Å²) >= 11 is 5.97. The predicted molar refractivity (Wildman–Crippen MR) is 170 cm³/mol. The van der Waals surface area contributed by atoms with Crippen LogP contribution in [0.2, 0.25) is 5.02 Å². The minimum atomic E-state index is -0.564. The maximum Gasteiger partial charge on any atom is 0.339 e. The van der Waals surface area contributed by atoms with Gasteiger partial charge < -0.3 is 14.6 Å². The second-order valence-corrected chi connectivity index (χ2v) is 12.0. The van der Waals surface area contributed by atoms with E-state index in [4.69, 9.17) is 16.3 Å². The molecule has 42 heavy (non-hydrogen) atoms. The number of amides is 1. The SMILES string of the molecule is Cc1c(C)n(Cc2ccc(-c3ccccc3C(=O)OC(C)(C)C)cc2)c2ccc(C(=O)NCc3ccc(Cl)cc3)cc12. The van der Waals surface area contributed by atoms with Crippen molar-refractivity contribution in [2.24, 2.45) is 0 Å². The number of nitrogens with one attached hydrogen (secondary N) is 1. The Morgan fingerprint density at radius 3 is 2.21 bits per heavy atom. The first-order valence-corrected chi connectivity index (χ1v) is 14.4. The molecule has 1 N–H and O–H groups in total. The summed E-state index contributed by atoms with van der Waals surface area (Å²) in [7, 11) is 0. The Bertz CT molecular complexity index is 1760. The summed E-state index contributed by atoms with van der Waals surface area (Å²) in [6.45, 7) is 10.9. The Balaban J connectivity index is 1.35. The van der Waals surface area contributed by atoms with Gasteiger partial charge in [0.15, 0.2) is 0 Å². The van der Waals surface area contributed by atoms with E-state index in [-0.39, 0.29) is 11.9 Å². The van der Waals surface area contributed by atoms with E-state index >= 15 is 0 Å². The number of hydrogen-bond donors (Lipinski definition) is 1. The van der Waals surface area contributed by atoms with Gasteiger partial charge in [-0.1, -0.05) is 66.2 Å². The van der Waals surface area contributed by atoms with Crippen molar-refractivity contribution in [1.29, 1.82) is 0 Å². The first-order chi connectivity index (χ1) is 20.0. The van der Waals surface area contributed by atoms with Crippen LogP contribution in [0.5, 0.6) is 0 Å². The molecule has 0 spiro atoms. The first kappa shape index (κ1) is 29.2. The average molecular weight is 579 g/mol. The first-order valence-electron chi connectivity index (χ1n) is 14.0. The van der Waals surface area contributed by atoms with Crippen LogP contribution in [-0.2, 0) is 17.8 Å². The van der Waals surface area contributed by atoms with E-state index in [0.29, 0.717) is 29.2 Å². The highest BCUT2D eigenvalue weighted by Gasteiger charge is 2.21. The number of nitrogens with zero attached hydrogens (tertiary/aromatic N) is 1. The van der Waals surface area contributed by atoms with Crippen molar-refractivity contribution in [2.45, 2.75) is 53.3 Å². The zero-order valence-corrected chi connectivity index (χ0v) is 25.4. The van der Waals surface area contributed by atoms with Crippen molar-refractivity contribution in [3.8, 4) is 11.1 Å². The number of fused-ring (bicyclic) bond motifs is 1. The second kappa shape index (κ2) is 11.9. The fraction of sp³-hybridized carbons (Fsp3) is 0.222. The van der Waals surface area contributed by atoms with Crippen molar-refractivity contribution >= 4 is 34.4 Å². The van der Waals surface area contributed by atoms with Crippen molar-refractivity contribution in [3.05, 3.63) is 130 Å². The maximum absolute atomic E-state index is 12.9. The largest absolute Gasteiger partial charge is 0.456 e. The number of aryl methyl sites for hydroxylation is 1. The van der Waals surface area contributed by atoms with Crippen molar-refractivity contribution in [1.82, 2.24) is 9.88 Å². The molecular weight excluding hydrogens is 544 g/mol. The molecule has 5 nitrogen and oxygen atoms in total. The van der Waals surface area contributed by atoms with Gasteiger partial charge in [0.1, 0.15) is 5.60 Å². The Morgan fingerprint density at radius 2 is 1.52 bits per heavy atom. The van der Waals surface area contributed by atoms with Crippen molar-refractivity contribution in [3.63, 3.8) is 0 Å². The third-order valence-corrected chi connectivity index (χ3v) is 7.67. The van der Waals surface area contributed by atoms with Crippen LogP contribution >= 0.6 is 11.6 Å². The number of carbonyl (C=O) groups is 2. The molecule has 0 saturated carbocycles. The van der Waals surface area contributed by atoms with Gasteiger partial charge in [-0.05, 0) is 98.8 Å². The number of rotatable bonds is 7. The van der Waals surface area contributed by atoms with E-state index in [9.17, 15) is 9.59 Å². The molecule has 0 aliphatic heterocycles. The summed E-state index contributed by atoms with van der Waals surface area (Å²) < 4.78 is 7.92. The lowest BCUT2D eigenvalue weighted by Crippen LogP contribution is -2.24. The predicted octanol–water partition coefficient (Wildman–Crippen LogP) is 8.51. The number of benzene rings is 4. The van der Waals surface area contributed by atoms with Crippen LogP contribution in [0.3, 0.4) is 0 Å². The topological polar surface area (TPSA) is 60.3 Å². The average Bonchev–Trinajstić information content (AvgIpc) is 3.20. The Kier molecular flexibility index (Phi) is 8.24. The Labute approximate surface area is 252 Å². The molecule has 0 aliphatic rings. The van der Waals surface area contributed by atoms with Gasteiger partial charge >= 0.3 is 5.97 Å². The lowest BCUT2D eigenvalue weighted by atomic mass is 9.98. The Hall–Kier alpha value is -4.35. The van der Waals surface area contributed by atoms with Crippen molar-refractivity contribution < 1.29 is 14.3 Å². The fourth-order valence-electron chi connectivity index (χ4n) is 5.10. The molecule has 5 aromatic rings. The molecule has 0 radical (unpaired) electrons. The van der Waals surface area contributed by atoms with Crippen molar-refractivity contribution in [2.75, 3.05) is 0 Å². The third-order valence-electron chi connectivity index (χ3n) is 7.42. The second-order valence-electron chi connectivity index (χ2n) is 11.6. The number of hydrogen-bond acceptors (Lipinski definition) is 3. The quantitative estimate of drug-likeness (QED) is 0.197. The molecular formula is C36H35ClN2O3. The van der Waals surface area contributed by atoms with Crippen LogP contribution in [0.15, 0.2) is 91.0 Å². The minimum absolute atomic E-state index is 0.112. The summed E-state index contributed by atoms with van der Waals surface area (Å²) in [5.74, 6) is -0.441. The highest BCUT2D eigenvalue weighted by molar-refractivity contribution is 6.30. The van der Waals surface area contributed by atoms with E-state index < -0.39 is 5.60 Å². The van der Waals surface area contributed by atoms with Gasteiger partial charge in [0.05, 0.1) is 5.56 Å². The molecule has 5 rings (SSSR count). The van der Waals surface area contributed by atoms with Gasteiger partial charge in [0.25, 0.3) is 5.91 Å². The number of esters is 1. The van der Waals surface area contributed by atoms with E-state index in [1.54, 1.807) is 0 Å². The van der Waals surface area contributed by atoms with Crippen LogP contribution in [0.25, 0.3) is 22.0 Å². The number of halogens is 1. The Morgan fingerprint density at radius 1 is 0.857 bits per heavy atom. The van der Waals surface area contributed by atoms with Crippen LogP contribution in [0.4, 0.5) is 0 Å². The standard InChI is InChI=1S/C36H35ClN2O3/c1-23-24(2)39(33-19-16-28(20-32(23)33)34(40)38-21-25-12-17-29(37)18-13-25)22-26-10-14-27(15-11-26)30-8-6-7-9-31(30)35(41)42-36(3,4)5/h6-20H,21-22H2,1-5H3,(H,38,40). The zero-order valence-electron chi connectivity index (χ0n) is 24.6. The van der Waals surface area contributed by atoms with Gasteiger partial charge in [-0.2, -0.15) is 0 Å². The summed E-state index contributed by atoms with van der Waals surface area (Å²) in [5.41, 5.74) is 7.94. The summed E-state index contributed by atoms with van der Waals surface area (Å²) in [5, 5.41) is 4.74. The van der Waals surface area contributed by atoms with E-state index in [1.165, 1.54) is 0 Å². The lowest BCUT2D eigenvalue weighted by molar-refractivity contribution is 0.00703. The van der Waals surface area contributed by atoms with Gasteiger partial charge in [0, 0.05) is 40.3 Å². The smallest absolute Gasteiger partial charge is 0.339 e. The molecule has 6 heteroatoms. The fourth-order valence-corrected chi connectivity index (χ4v) is 5.23. The minimum Gasteiger partial charge on any atom is -0.456 e. The monoisotopic (exact) mass is 578 g/mol. The van der Waals surface area contributed by atoms with Crippen LogP contribution in [0, 0.1) is 13.8 Å². The highest BCUT2D eigenvalue weighted by atomic mass is 35.5. The van der Waals surface area contributed by atoms with Gasteiger partial charge in [-0.3, -0.25) is 4.79 Å². The highest BCUT2D eigenvalue weighted by Crippen LogP contribution is 2.29. The molecule has 4 aromatic carbocycles. The molecule has 0 saturated heterocycles. The van der Waals surface area contributed by atoms with Crippen LogP contribution in [-0.4, -0.2) is 22.0 Å². The molecule has 0 unspecified atom stereocenters. The number of aromatic nitrogens is 1. The molecule has 1 aromatic heterocycles. The molecule has 0 aliphatic carbocycles. The van der Waals surface area contributed by atoms with Gasteiger partial charge in [-0.15, -0.1) is 0 Å². The number of carbonyl (C=O) groups excluding carboxylic acids is 2. The zero-order chi connectivity index (χ0) is 30.0. The summed E-state index contributed by atoms with van der Waals surface area (Å²) in [6, 6.07) is 29.2. The maximum atomic E-state index is 12.9. The van der Waals surface area contributed by atoms with E-state index in [0.717, 1.165) is 44.4 Å². The normalized spacial score (nSPS) is 11.5. The molecule has 0 bridgehead atoms. The van der Waals surface area contributed by atoms with Crippen LogP contribution in [0.1, 0.15) is 63.9 Å². The summed E-state index contributed by atoms with van der Waals surface area (Å²) in [6.07, 6.45) is 0. The molecule has 0 atom stereocenters. The molecule has 1 amide bonds. The lowest BCUT2D eigenvalue weighted by Gasteiger charge is -2.20. The van der Waals surface area contributed by atoms with Gasteiger partial charge in [0.2, 0.25) is 0 Å². The number of ether oxygens (including phenoxy) is 1.